The molecule has 0 atom stereocenters. The molecule has 0 aliphatic rings. The molecule has 10 nitrogen and oxygen atoms in total. The van der Waals surface area contributed by atoms with Crippen molar-refractivity contribution in [2.24, 2.45) is 5.92 Å². The molecule has 172 valence electrons. The number of aromatic amines is 1. The molecule has 2 heterocycles. The molecule has 3 aromatic rings. The van der Waals surface area contributed by atoms with Gasteiger partial charge in [-0.25, -0.2) is 9.97 Å². The normalized spacial score (nSPS) is 9.78. The molecule has 1 amide bonds. The zero-order chi connectivity index (χ0) is 24.1. The monoisotopic (exact) mass is 443 g/mol. The molecule has 0 saturated heterocycles. The number of imidazole rings is 2. The summed E-state index contributed by atoms with van der Waals surface area (Å²) in [5.74, 6) is 1.29. The maximum atomic E-state index is 12.6. The number of carboxylic acid groups (broad SMARTS) is 2. The van der Waals surface area contributed by atoms with Gasteiger partial charge >= 0.3 is 0 Å². The fourth-order valence-electron chi connectivity index (χ4n) is 3.02. The van der Waals surface area contributed by atoms with Crippen molar-refractivity contribution in [3.8, 4) is 11.3 Å². The predicted molar refractivity (Wildman–Crippen MR) is 119 cm³/mol. The van der Waals surface area contributed by atoms with E-state index in [-0.39, 0.29) is 18.9 Å². The molecular weight excluding hydrogens is 414 g/mol. The van der Waals surface area contributed by atoms with Crippen LogP contribution < -0.4 is 5.32 Å². The highest BCUT2D eigenvalue weighted by Crippen LogP contribution is 2.22. The van der Waals surface area contributed by atoms with Crippen molar-refractivity contribution < 1.29 is 24.6 Å². The maximum absolute atomic E-state index is 12.6. The number of nitrogens with one attached hydrogen (secondary N) is 2. The Bertz CT molecular complexity index is 1000. The quantitative estimate of drug-likeness (QED) is 0.428. The first-order valence-corrected chi connectivity index (χ1v) is 9.83. The summed E-state index contributed by atoms with van der Waals surface area (Å²) in [4.78, 5) is 41.2. The Morgan fingerprint density at radius 3 is 2.44 bits per heavy atom. The third-order valence-electron chi connectivity index (χ3n) is 4.19. The number of aryl methyl sites for hydroxylation is 2. The first-order valence-electron chi connectivity index (χ1n) is 9.83. The van der Waals surface area contributed by atoms with Crippen LogP contribution in [0.2, 0.25) is 0 Å². The van der Waals surface area contributed by atoms with Gasteiger partial charge in [0.15, 0.2) is 0 Å². The lowest BCUT2D eigenvalue weighted by Crippen LogP contribution is -2.24. The van der Waals surface area contributed by atoms with E-state index < -0.39 is 0 Å². The largest absolute Gasteiger partial charge is 0.483 e. The maximum Gasteiger partial charge on any atom is 0.290 e. The standard InChI is InChI=1S/C20H25N5O.2CH2O2/c1-13(2)11-25-12-21-9-18(25)10-22-20(26)17-7-5-6-16(8-17)19-14(3)23-15(4)24-19;2*2-1-3/h5-9,12-13H,10-11H2,1-4H3,(H,22,26)(H,23,24);2*1H,(H,2,3). The zero-order valence-corrected chi connectivity index (χ0v) is 18.6. The molecule has 3 rings (SSSR count). The second kappa shape index (κ2) is 13.4. The van der Waals surface area contributed by atoms with E-state index in [1.54, 1.807) is 6.20 Å². The summed E-state index contributed by atoms with van der Waals surface area (Å²) in [5.41, 5.74) is 4.44. The average Bonchev–Trinajstić information content (AvgIpc) is 3.32. The van der Waals surface area contributed by atoms with Gasteiger partial charge in [0.05, 0.1) is 24.3 Å². The minimum absolute atomic E-state index is 0.103. The summed E-state index contributed by atoms with van der Waals surface area (Å²) >= 11 is 0. The molecule has 0 unspecified atom stereocenters. The topological polar surface area (TPSA) is 150 Å². The summed E-state index contributed by atoms with van der Waals surface area (Å²) < 4.78 is 2.08. The van der Waals surface area contributed by atoms with Gasteiger partial charge in [0.1, 0.15) is 5.82 Å². The first kappa shape index (κ1) is 26.1. The second-order valence-corrected chi connectivity index (χ2v) is 7.20. The van der Waals surface area contributed by atoms with Gasteiger partial charge in [0, 0.05) is 29.6 Å². The zero-order valence-electron chi connectivity index (χ0n) is 18.6. The number of amides is 1. The Kier molecular flexibility index (Phi) is 10.9. The lowest BCUT2D eigenvalue weighted by molar-refractivity contribution is -0.123. The number of rotatable bonds is 6. The van der Waals surface area contributed by atoms with Gasteiger partial charge < -0.3 is 25.1 Å². The van der Waals surface area contributed by atoms with Crippen LogP contribution in [0, 0.1) is 19.8 Å². The Hall–Kier alpha value is -3.95. The van der Waals surface area contributed by atoms with Crippen molar-refractivity contribution in [2.75, 3.05) is 0 Å². The first-order chi connectivity index (χ1) is 15.3. The van der Waals surface area contributed by atoms with E-state index in [9.17, 15) is 4.79 Å². The molecule has 2 aromatic heterocycles. The smallest absolute Gasteiger partial charge is 0.290 e. The van der Waals surface area contributed by atoms with Crippen LogP contribution in [-0.4, -0.2) is 48.6 Å². The van der Waals surface area contributed by atoms with Crippen molar-refractivity contribution >= 4 is 18.9 Å². The molecule has 0 fully saturated rings. The van der Waals surface area contributed by atoms with Crippen LogP contribution >= 0.6 is 0 Å². The Morgan fingerprint density at radius 1 is 1.22 bits per heavy atom. The van der Waals surface area contributed by atoms with Crippen LogP contribution in [0.1, 0.15) is 41.4 Å². The van der Waals surface area contributed by atoms with E-state index in [0.29, 0.717) is 18.0 Å². The van der Waals surface area contributed by atoms with Gasteiger partial charge in [0.25, 0.3) is 18.9 Å². The highest BCUT2D eigenvalue weighted by atomic mass is 16.3. The molecule has 0 radical (unpaired) electrons. The highest BCUT2D eigenvalue weighted by Gasteiger charge is 2.12. The summed E-state index contributed by atoms with van der Waals surface area (Å²) in [6.07, 6.45) is 3.61. The number of hydrogen-bond donors (Lipinski definition) is 4. The molecule has 1 aromatic carbocycles. The van der Waals surface area contributed by atoms with Gasteiger partial charge in [-0.15, -0.1) is 0 Å². The van der Waals surface area contributed by atoms with E-state index in [0.717, 1.165) is 35.0 Å². The number of carbonyl (C=O) groups is 3. The number of H-pyrrole nitrogens is 1. The van der Waals surface area contributed by atoms with E-state index in [2.05, 4.69) is 38.7 Å². The van der Waals surface area contributed by atoms with Crippen LogP contribution in [0.3, 0.4) is 0 Å². The third-order valence-corrected chi connectivity index (χ3v) is 4.19. The van der Waals surface area contributed by atoms with Crippen molar-refractivity contribution in [1.82, 2.24) is 24.8 Å². The van der Waals surface area contributed by atoms with E-state index in [1.807, 2.05) is 44.4 Å². The van der Waals surface area contributed by atoms with Gasteiger partial charge in [0.2, 0.25) is 0 Å². The number of aromatic nitrogens is 4. The molecule has 0 saturated carbocycles. The molecule has 4 N–H and O–H groups in total. The Balaban J connectivity index is 0.000000769. The van der Waals surface area contributed by atoms with Crippen molar-refractivity contribution in [2.45, 2.75) is 40.8 Å². The number of hydrogen-bond acceptors (Lipinski definition) is 5. The lowest BCUT2D eigenvalue weighted by atomic mass is 10.1. The minimum atomic E-state index is -0.250. The second-order valence-electron chi connectivity index (χ2n) is 7.20. The molecule has 32 heavy (non-hydrogen) atoms. The van der Waals surface area contributed by atoms with Crippen LogP contribution in [0.25, 0.3) is 11.3 Å². The third kappa shape index (κ3) is 8.05. The number of nitrogens with zero attached hydrogens (tertiary/aromatic N) is 3. The minimum Gasteiger partial charge on any atom is -0.483 e. The van der Waals surface area contributed by atoms with Crippen LogP contribution in [-0.2, 0) is 22.7 Å². The summed E-state index contributed by atoms with van der Waals surface area (Å²) in [5, 5.41) is 16.8. The molecule has 0 bridgehead atoms. The van der Waals surface area contributed by atoms with Gasteiger partial charge in [-0.05, 0) is 31.9 Å². The summed E-state index contributed by atoms with van der Waals surface area (Å²) in [6.45, 7) is 9.07. The van der Waals surface area contributed by atoms with E-state index >= 15 is 0 Å². The van der Waals surface area contributed by atoms with Crippen LogP contribution in [0.4, 0.5) is 0 Å². The Morgan fingerprint density at radius 2 is 1.88 bits per heavy atom. The van der Waals surface area contributed by atoms with Crippen molar-refractivity contribution in [3.63, 3.8) is 0 Å². The Labute approximate surface area is 186 Å². The fraction of sp³-hybridized carbons (Fsp3) is 0.318. The van der Waals surface area contributed by atoms with Crippen molar-refractivity contribution in [1.29, 1.82) is 0 Å². The molecule has 0 aliphatic heterocycles. The summed E-state index contributed by atoms with van der Waals surface area (Å²) in [7, 11) is 0. The van der Waals surface area contributed by atoms with Gasteiger partial charge in [-0.2, -0.15) is 0 Å². The molecule has 10 heteroatoms. The number of carbonyl (C=O) groups excluding carboxylic acids is 1. The average molecular weight is 444 g/mol. The summed E-state index contributed by atoms with van der Waals surface area (Å²) in [6, 6.07) is 7.55. The SMILES string of the molecule is Cc1nc(-c2cccc(C(=O)NCc3cncn3CC(C)C)c2)c(C)[nH]1.O=CO.O=CO. The van der Waals surface area contributed by atoms with Crippen molar-refractivity contribution in [3.05, 3.63) is 59.6 Å². The molecule has 0 spiro atoms. The van der Waals surface area contributed by atoms with Crippen LogP contribution in [0.5, 0.6) is 0 Å². The van der Waals surface area contributed by atoms with E-state index in [4.69, 9.17) is 19.8 Å². The highest BCUT2D eigenvalue weighted by molar-refractivity contribution is 5.95. The molecule has 0 aliphatic carbocycles. The predicted octanol–water partition coefficient (Wildman–Crippen LogP) is 2.88. The van der Waals surface area contributed by atoms with E-state index in [1.165, 1.54) is 0 Å². The van der Waals surface area contributed by atoms with Crippen LogP contribution in [0.15, 0.2) is 36.8 Å². The fourth-order valence-corrected chi connectivity index (χ4v) is 3.02. The molecular formula is C22H29N5O5. The van der Waals surface area contributed by atoms with Gasteiger partial charge in [-0.3, -0.25) is 14.4 Å². The number of benzene rings is 1. The lowest BCUT2D eigenvalue weighted by Gasteiger charge is -2.11. The van der Waals surface area contributed by atoms with Gasteiger partial charge in [-0.1, -0.05) is 26.0 Å².